The lowest BCUT2D eigenvalue weighted by molar-refractivity contribution is -0.112. The molecular formula is C5H5NOS. The molecule has 1 aliphatic rings. The molecular weight excluding hydrogens is 122 g/mol. The molecule has 1 rings (SSSR count). The molecule has 0 spiro atoms. The predicted molar refractivity (Wildman–Crippen MR) is 31.2 cm³/mol. The van der Waals surface area contributed by atoms with Crippen LogP contribution in [0.25, 0.3) is 0 Å². The summed E-state index contributed by atoms with van der Waals surface area (Å²) in [6.07, 6.45) is 0.750. The fourth-order valence-electron chi connectivity index (χ4n) is 0.613. The van der Waals surface area contributed by atoms with E-state index in [9.17, 15) is 4.79 Å². The summed E-state index contributed by atoms with van der Waals surface area (Å²) < 4.78 is 0. The molecule has 0 radical (unpaired) electrons. The van der Waals surface area contributed by atoms with Crippen LogP contribution in [0.4, 0.5) is 0 Å². The molecule has 0 aromatic rings. The minimum atomic E-state index is -0.306. The molecule has 0 N–H and O–H groups in total. The lowest BCUT2D eigenvalue weighted by Gasteiger charge is -1.86. The van der Waals surface area contributed by atoms with Crippen molar-refractivity contribution in [3.8, 4) is 6.07 Å². The first-order chi connectivity index (χ1) is 3.84. The highest BCUT2D eigenvalue weighted by atomic mass is 32.2. The maximum atomic E-state index is 10.5. The van der Waals surface area contributed by atoms with E-state index in [1.807, 2.05) is 6.07 Å². The highest BCUT2D eigenvalue weighted by Crippen LogP contribution is 2.24. The SMILES string of the molecule is N#C[C@@H]1CCSC1=O. The summed E-state index contributed by atoms with van der Waals surface area (Å²) in [6.45, 7) is 0. The van der Waals surface area contributed by atoms with Gasteiger partial charge in [-0.25, -0.2) is 0 Å². The minimum absolute atomic E-state index is 0.0486. The summed E-state index contributed by atoms with van der Waals surface area (Å²) in [5, 5.41) is 8.30. The quantitative estimate of drug-likeness (QED) is 0.483. The smallest absolute Gasteiger partial charge is 0.206 e. The maximum absolute atomic E-state index is 10.5. The second kappa shape index (κ2) is 2.19. The van der Waals surface area contributed by atoms with E-state index in [0.29, 0.717) is 0 Å². The first kappa shape index (κ1) is 5.64. The fraction of sp³-hybridized carbons (Fsp3) is 0.600. The van der Waals surface area contributed by atoms with E-state index < -0.39 is 0 Å². The molecule has 0 amide bonds. The van der Waals surface area contributed by atoms with E-state index in [4.69, 9.17) is 5.26 Å². The Kier molecular flexibility index (Phi) is 1.54. The Labute approximate surface area is 51.9 Å². The summed E-state index contributed by atoms with van der Waals surface area (Å²) in [5.74, 6) is 0.525. The highest BCUT2D eigenvalue weighted by Gasteiger charge is 2.24. The summed E-state index contributed by atoms with van der Waals surface area (Å²) in [5.41, 5.74) is 0. The normalized spacial score (nSPS) is 27.9. The third kappa shape index (κ3) is 0.846. The Hall–Kier alpha value is -0.490. The molecule has 0 aromatic heterocycles. The lowest BCUT2D eigenvalue weighted by atomic mass is 10.1. The number of hydrogen-bond acceptors (Lipinski definition) is 3. The average molecular weight is 127 g/mol. The van der Waals surface area contributed by atoms with Crippen molar-refractivity contribution in [2.75, 3.05) is 5.75 Å². The van der Waals surface area contributed by atoms with Gasteiger partial charge in [0.15, 0.2) is 0 Å². The highest BCUT2D eigenvalue weighted by molar-refractivity contribution is 8.14. The zero-order valence-corrected chi connectivity index (χ0v) is 5.07. The molecule has 0 aromatic carbocycles. The van der Waals surface area contributed by atoms with E-state index >= 15 is 0 Å². The standard InChI is InChI=1S/C5H5NOS/c6-3-4-1-2-8-5(4)7/h4H,1-2H2/t4-/m0/s1. The van der Waals surface area contributed by atoms with Crippen LogP contribution in [0.15, 0.2) is 0 Å². The third-order valence-electron chi connectivity index (χ3n) is 1.09. The molecule has 8 heavy (non-hydrogen) atoms. The summed E-state index contributed by atoms with van der Waals surface area (Å²) in [4.78, 5) is 10.5. The number of rotatable bonds is 0. The van der Waals surface area contributed by atoms with Crippen molar-refractivity contribution in [3.05, 3.63) is 0 Å². The predicted octanol–water partition coefficient (Wildman–Crippen LogP) is 0.790. The van der Waals surface area contributed by atoms with Crippen molar-refractivity contribution in [1.82, 2.24) is 0 Å². The van der Waals surface area contributed by atoms with Gasteiger partial charge in [0.1, 0.15) is 5.92 Å². The van der Waals surface area contributed by atoms with Gasteiger partial charge in [0.05, 0.1) is 6.07 Å². The molecule has 2 nitrogen and oxygen atoms in total. The number of thioether (sulfide) groups is 1. The summed E-state index contributed by atoms with van der Waals surface area (Å²) >= 11 is 1.27. The van der Waals surface area contributed by atoms with Gasteiger partial charge in [0, 0.05) is 5.75 Å². The van der Waals surface area contributed by atoms with Crippen LogP contribution in [0, 0.1) is 17.2 Å². The van der Waals surface area contributed by atoms with Crippen molar-refractivity contribution < 1.29 is 4.79 Å². The number of carbonyl (C=O) groups excluding carboxylic acids is 1. The van der Waals surface area contributed by atoms with E-state index in [-0.39, 0.29) is 11.0 Å². The molecule has 42 valence electrons. The van der Waals surface area contributed by atoms with Crippen molar-refractivity contribution in [1.29, 1.82) is 5.26 Å². The van der Waals surface area contributed by atoms with Gasteiger partial charge in [-0.2, -0.15) is 5.26 Å². The molecule has 1 aliphatic heterocycles. The van der Waals surface area contributed by atoms with E-state index in [1.54, 1.807) is 0 Å². The minimum Gasteiger partial charge on any atom is -0.286 e. The Morgan fingerprint density at radius 1 is 1.88 bits per heavy atom. The van der Waals surface area contributed by atoms with Gasteiger partial charge in [0.2, 0.25) is 5.12 Å². The van der Waals surface area contributed by atoms with Gasteiger partial charge in [-0.1, -0.05) is 11.8 Å². The molecule has 0 aliphatic carbocycles. The number of nitrogens with zero attached hydrogens (tertiary/aromatic N) is 1. The van der Waals surface area contributed by atoms with E-state index in [1.165, 1.54) is 11.8 Å². The van der Waals surface area contributed by atoms with E-state index in [2.05, 4.69) is 0 Å². The van der Waals surface area contributed by atoms with Gasteiger partial charge < -0.3 is 0 Å². The number of nitriles is 1. The van der Waals surface area contributed by atoms with Crippen LogP contribution in [-0.2, 0) is 4.79 Å². The Morgan fingerprint density at radius 2 is 2.62 bits per heavy atom. The zero-order valence-electron chi connectivity index (χ0n) is 4.26. The molecule has 3 heteroatoms. The van der Waals surface area contributed by atoms with Crippen LogP contribution in [0.3, 0.4) is 0 Å². The largest absolute Gasteiger partial charge is 0.286 e. The van der Waals surface area contributed by atoms with Crippen molar-refractivity contribution in [3.63, 3.8) is 0 Å². The molecule has 1 atom stereocenters. The van der Waals surface area contributed by atoms with Crippen molar-refractivity contribution >= 4 is 16.9 Å². The van der Waals surface area contributed by atoms with Crippen LogP contribution < -0.4 is 0 Å². The second-order valence-corrected chi connectivity index (χ2v) is 2.74. The molecule has 1 heterocycles. The Balaban J connectivity index is 2.58. The lowest BCUT2D eigenvalue weighted by Crippen LogP contribution is -1.98. The summed E-state index contributed by atoms with van der Waals surface area (Å²) in [6, 6.07) is 1.94. The van der Waals surface area contributed by atoms with E-state index in [0.717, 1.165) is 12.2 Å². The molecule has 0 unspecified atom stereocenters. The van der Waals surface area contributed by atoms with Crippen LogP contribution in [0.1, 0.15) is 6.42 Å². The van der Waals surface area contributed by atoms with Gasteiger partial charge in [-0.15, -0.1) is 0 Å². The molecule has 0 bridgehead atoms. The monoisotopic (exact) mass is 127 g/mol. The van der Waals surface area contributed by atoms with Gasteiger partial charge >= 0.3 is 0 Å². The zero-order chi connectivity index (χ0) is 5.98. The van der Waals surface area contributed by atoms with Crippen LogP contribution >= 0.6 is 11.8 Å². The maximum Gasteiger partial charge on any atom is 0.206 e. The van der Waals surface area contributed by atoms with Crippen molar-refractivity contribution in [2.45, 2.75) is 6.42 Å². The molecule has 1 fully saturated rings. The fourth-order valence-corrected chi connectivity index (χ4v) is 1.54. The number of hydrogen-bond donors (Lipinski definition) is 0. The van der Waals surface area contributed by atoms with Crippen LogP contribution in [0.2, 0.25) is 0 Å². The average Bonchev–Trinajstić information content (AvgIpc) is 2.14. The second-order valence-electron chi connectivity index (χ2n) is 1.64. The van der Waals surface area contributed by atoms with Crippen LogP contribution in [-0.4, -0.2) is 10.9 Å². The van der Waals surface area contributed by atoms with Crippen molar-refractivity contribution in [2.24, 2.45) is 5.92 Å². The van der Waals surface area contributed by atoms with Crippen LogP contribution in [0.5, 0.6) is 0 Å². The Morgan fingerprint density at radius 3 is 2.88 bits per heavy atom. The van der Waals surface area contributed by atoms with Gasteiger partial charge in [-0.05, 0) is 6.42 Å². The van der Waals surface area contributed by atoms with Gasteiger partial charge in [0.25, 0.3) is 0 Å². The Bertz CT molecular complexity index is 149. The first-order valence-electron chi connectivity index (χ1n) is 2.41. The topological polar surface area (TPSA) is 40.9 Å². The molecule has 1 saturated heterocycles. The first-order valence-corrected chi connectivity index (χ1v) is 3.39. The summed E-state index contributed by atoms with van der Waals surface area (Å²) in [7, 11) is 0. The third-order valence-corrected chi connectivity index (χ3v) is 2.10. The van der Waals surface area contributed by atoms with Gasteiger partial charge in [-0.3, -0.25) is 4.79 Å². The molecule has 0 saturated carbocycles. The number of carbonyl (C=O) groups is 1.